The van der Waals surface area contributed by atoms with E-state index in [1.165, 1.54) is 5.57 Å². The molecule has 1 fully saturated rings. The zero-order chi connectivity index (χ0) is 28.0. The Balaban J connectivity index is 2.37. The van der Waals surface area contributed by atoms with Crippen molar-refractivity contribution in [1.29, 1.82) is 0 Å². The normalized spacial score (nSPS) is 20.8. The van der Waals surface area contributed by atoms with Crippen molar-refractivity contribution in [2.75, 3.05) is 17.6 Å². The van der Waals surface area contributed by atoms with Gasteiger partial charge in [0, 0.05) is 32.2 Å². The molecule has 0 N–H and O–H groups in total. The third-order valence-corrected chi connectivity index (χ3v) is 6.60. The van der Waals surface area contributed by atoms with Crippen LogP contribution in [0.5, 0.6) is 0 Å². The molecule has 37 heavy (non-hydrogen) atoms. The van der Waals surface area contributed by atoms with Gasteiger partial charge in [0.2, 0.25) is 5.95 Å². The van der Waals surface area contributed by atoms with E-state index < -0.39 is 11.4 Å². The molecule has 0 bridgehead atoms. The van der Waals surface area contributed by atoms with Gasteiger partial charge in [-0.05, 0) is 68.4 Å². The molecule has 1 aromatic heterocycles. The minimum atomic E-state index is -0.808. The SMILES string of the molecule is C/C=C(C)\C=C/Cc1nc(N(C)SC)n(C(C)C)c1/C=C/C1CC(CC(=O)OC(C)(C)C)OC(C)(C)O1. The standard InChI is InChI=1S/C29H47N3O4S/c1-12-21(4)14-13-15-24-25(32(20(2)3)27(30-24)31(10)37-11)17-16-22-18-23(35-29(8,9)34-22)19-26(33)36-28(5,6)7/h12-14,16-17,20,22-23H,15,18-19H2,1-11H3/b14-13-,17-16+,21-12-. The molecule has 2 heterocycles. The molecule has 8 heteroatoms. The first-order valence-corrected chi connectivity index (χ1v) is 14.3. The van der Waals surface area contributed by atoms with Crippen LogP contribution in [0.3, 0.4) is 0 Å². The van der Waals surface area contributed by atoms with Gasteiger partial charge >= 0.3 is 5.97 Å². The first-order valence-electron chi connectivity index (χ1n) is 13.1. The number of ether oxygens (including phenoxy) is 3. The van der Waals surface area contributed by atoms with Gasteiger partial charge < -0.3 is 18.8 Å². The van der Waals surface area contributed by atoms with E-state index in [9.17, 15) is 4.79 Å². The smallest absolute Gasteiger partial charge is 0.308 e. The molecule has 2 unspecified atom stereocenters. The van der Waals surface area contributed by atoms with E-state index in [1.54, 1.807) is 11.9 Å². The Bertz CT molecular complexity index is 1000. The second-order valence-corrected chi connectivity index (χ2v) is 12.1. The van der Waals surface area contributed by atoms with Crippen LogP contribution in [-0.4, -0.2) is 52.4 Å². The summed E-state index contributed by atoms with van der Waals surface area (Å²) in [4.78, 5) is 17.5. The van der Waals surface area contributed by atoms with Crippen molar-refractivity contribution in [3.05, 3.63) is 41.3 Å². The number of allylic oxidation sites excluding steroid dienone is 4. The van der Waals surface area contributed by atoms with Crippen molar-refractivity contribution in [2.45, 2.75) is 111 Å². The van der Waals surface area contributed by atoms with Gasteiger partial charge in [-0.25, -0.2) is 4.98 Å². The second kappa shape index (κ2) is 13.2. The lowest BCUT2D eigenvalue weighted by atomic mass is 10.0. The summed E-state index contributed by atoms with van der Waals surface area (Å²) in [5, 5.41) is 0. The van der Waals surface area contributed by atoms with Gasteiger partial charge in [-0.2, -0.15) is 0 Å². The maximum absolute atomic E-state index is 12.5. The van der Waals surface area contributed by atoms with E-state index in [0.29, 0.717) is 6.42 Å². The predicted octanol–water partition coefficient (Wildman–Crippen LogP) is 6.90. The summed E-state index contributed by atoms with van der Waals surface area (Å²) in [6, 6.07) is 0.221. The van der Waals surface area contributed by atoms with E-state index in [2.05, 4.69) is 60.0 Å². The van der Waals surface area contributed by atoms with E-state index in [0.717, 1.165) is 23.8 Å². The molecule has 1 saturated heterocycles. The lowest BCUT2D eigenvalue weighted by molar-refractivity contribution is -0.290. The number of nitrogens with zero attached hydrogens (tertiary/aromatic N) is 3. The second-order valence-electron chi connectivity index (χ2n) is 11.2. The highest BCUT2D eigenvalue weighted by molar-refractivity contribution is 7.99. The Morgan fingerprint density at radius 2 is 2.00 bits per heavy atom. The summed E-state index contributed by atoms with van der Waals surface area (Å²) < 4.78 is 22.2. The van der Waals surface area contributed by atoms with Gasteiger partial charge in [-0.3, -0.25) is 9.10 Å². The van der Waals surface area contributed by atoms with Crippen LogP contribution in [0.15, 0.2) is 29.9 Å². The van der Waals surface area contributed by atoms with Crippen LogP contribution >= 0.6 is 11.9 Å². The number of rotatable bonds is 10. The third kappa shape index (κ3) is 9.65. The third-order valence-electron chi connectivity index (χ3n) is 5.89. The molecule has 0 saturated carbocycles. The summed E-state index contributed by atoms with van der Waals surface area (Å²) in [5.74, 6) is -0.145. The zero-order valence-electron chi connectivity index (χ0n) is 24.6. The Morgan fingerprint density at radius 1 is 1.32 bits per heavy atom. The van der Waals surface area contributed by atoms with Crippen molar-refractivity contribution in [3.63, 3.8) is 0 Å². The summed E-state index contributed by atoms with van der Waals surface area (Å²) in [6.07, 6.45) is 13.6. The molecule has 208 valence electrons. The fourth-order valence-corrected chi connectivity index (χ4v) is 4.52. The lowest BCUT2D eigenvalue weighted by Crippen LogP contribution is -2.45. The lowest BCUT2D eigenvalue weighted by Gasteiger charge is -2.39. The van der Waals surface area contributed by atoms with Gasteiger partial charge in [0.25, 0.3) is 0 Å². The largest absolute Gasteiger partial charge is 0.460 e. The Kier molecular flexibility index (Phi) is 11.1. The van der Waals surface area contributed by atoms with Gasteiger partial charge in [0.15, 0.2) is 5.79 Å². The van der Waals surface area contributed by atoms with E-state index in [4.69, 9.17) is 19.2 Å². The number of aromatic nitrogens is 2. The predicted molar refractivity (Wildman–Crippen MR) is 155 cm³/mol. The van der Waals surface area contributed by atoms with Gasteiger partial charge in [0.1, 0.15) is 5.60 Å². The van der Waals surface area contributed by atoms with Crippen LogP contribution in [0.4, 0.5) is 5.95 Å². The minimum absolute atomic E-state index is 0.196. The van der Waals surface area contributed by atoms with Crippen LogP contribution in [0, 0.1) is 0 Å². The highest BCUT2D eigenvalue weighted by atomic mass is 32.2. The maximum atomic E-state index is 12.5. The van der Waals surface area contributed by atoms with Crippen LogP contribution in [0.25, 0.3) is 6.08 Å². The minimum Gasteiger partial charge on any atom is -0.460 e. The van der Waals surface area contributed by atoms with Crippen LogP contribution in [0.2, 0.25) is 0 Å². The molecule has 1 aliphatic rings. The number of anilines is 1. The van der Waals surface area contributed by atoms with Crippen molar-refractivity contribution >= 4 is 29.9 Å². The molecule has 2 rings (SSSR count). The summed E-state index contributed by atoms with van der Waals surface area (Å²) in [6.45, 7) is 17.9. The molecular formula is C29H47N3O4S. The molecule has 0 amide bonds. The Morgan fingerprint density at radius 3 is 2.57 bits per heavy atom. The van der Waals surface area contributed by atoms with Crippen molar-refractivity contribution in [1.82, 2.24) is 9.55 Å². The van der Waals surface area contributed by atoms with Crippen molar-refractivity contribution < 1.29 is 19.0 Å². The number of carbonyl (C=O) groups is 1. The highest BCUT2D eigenvalue weighted by Gasteiger charge is 2.36. The molecular weight excluding hydrogens is 486 g/mol. The topological polar surface area (TPSA) is 65.8 Å². The van der Waals surface area contributed by atoms with Gasteiger partial charge in [-0.1, -0.05) is 41.8 Å². The number of hydrogen-bond donors (Lipinski definition) is 0. The first-order chi connectivity index (χ1) is 17.2. The number of carbonyl (C=O) groups excluding carboxylic acids is 1. The summed E-state index contributed by atoms with van der Waals surface area (Å²) in [5.41, 5.74) is 2.77. The van der Waals surface area contributed by atoms with Crippen molar-refractivity contribution in [2.24, 2.45) is 0 Å². The number of imidazole rings is 1. The fraction of sp³-hybridized carbons (Fsp3) is 0.655. The molecule has 0 aromatic carbocycles. The number of esters is 1. The molecule has 0 radical (unpaired) electrons. The van der Waals surface area contributed by atoms with Gasteiger partial charge in [0.05, 0.1) is 30.0 Å². The molecule has 0 spiro atoms. The summed E-state index contributed by atoms with van der Waals surface area (Å²) >= 11 is 1.63. The van der Waals surface area contributed by atoms with Crippen LogP contribution in [-0.2, 0) is 25.4 Å². The first kappa shape index (κ1) is 31.2. The molecule has 2 atom stereocenters. The fourth-order valence-electron chi connectivity index (χ4n) is 4.23. The quantitative estimate of drug-likeness (QED) is 0.184. The monoisotopic (exact) mass is 533 g/mol. The van der Waals surface area contributed by atoms with E-state index in [-0.39, 0.29) is 30.6 Å². The average molecular weight is 534 g/mol. The molecule has 0 aliphatic carbocycles. The number of hydrogen-bond acceptors (Lipinski definition) is 7. The van der Waals surface area contributed by atoms with E-state index >= 15 is 0 Å². The molecule has 7 nitrogen and oxygen atoms in total. The van der Waals surface area contributed by atoms with E-state index in [1.807, 2.05) is 54.8 Å². The maximum Gasteiger partial charge on any atom is 0.308 e. The molecule has 1 aromatic rings. The Labute approximate surface area is 228 Å². The average Bonchev–Trinajstić information content (AvgIpc) is 3.13. The molecule has 1 aliphatic heterocycles. The van der Waals surface area contributed by atoms with Gasteiger partial charge in [-0.15, -0.1) is 0 Å². The van der Waals surface area contributed by atoms with Crippen LogP contribution < -0.4 is 4.31 Å². The summed E-state index contributed by atoms with van der Waals surface area (Å²) in [7, 11) is 2.04. The van der Waals surface area contributed by atoms with Crippen LogP contribution in [0.1, 0.15) is 92.6 Å². The highest BCUT2D eigenvalue weighted by Crippen LogP contribution is 2.32. The zero-order valence-corrected chi connectivity index (χ0v) is 25.4. The van der Waals surface area contributed by atoms with Crippen molar-refractivity contribution in [3.8, 4) is 0 Å². The Hall–Kier alpha value is -2.03.